The van der Waals surface area contributed by atoms with Gasteiger partial charge in [0.2, 0.25) is 5.91 Å². The normalized spacial score (nSPS) is 14.1. The molecule has 1 aliphatic heterocycles. The molecular formula is C21H17FN2O2S. The van der Waals surface area contributed by atoms with Gasteiger partial charge in [0.15, 0.2) is 0 Å². The van der Waals surface area contributed by atoms with Crippen LogP contribution >= 0.6 is 11.3 Å². The summed E-state index contributed by atoms with van der Waals surface area (Å²) in [6.45, 7) is 0.463. The lowest BCUT2D eigenvalue weighted by Crippen LogP contribution is -2.31. The Morgan fingerprint density at radius 3 is 2.63 bits per heavy atom. The fourth-order valence-corrected chi connectivity index (χ4v) is 4.15. The lowest BCUT2D eigenvalue weighted by molar-refractivity contribution is -0.117. The highest BCUT2D eigenvalue weighted by Crippen LogP contribution is 2.35. The standard InChI is InChI=1S/C21H17FN2O2S/c22-16-8-3-4-9-17(16)23-20(25)12-18(19-10-5-11-27-19)24-13-14-6-1-2-7-15(14)21(24)26/h1-11,18H,12-13H2,(H,23,25). The van der Waals surface area contributed by atoms with Gasteiger partial charge < -0.3 is 10.2 Å². The second kappa shape index (κ2) is 7.32. The highest BCUT2D eigenvalue weighted by Gasteiger charge is 2.34. The molecule has 3 aromatic rings. The zero-order valence-corrected chi connectivity index (χ0v) is 15.2. The number of hydrogen-bond acceptors (Lipinski definition) is 3. The number of anilines is 1. The molecule has 0 bridgehead atoms. The van der Waals surface area contributed by atoms with Gasteiger partial charge >= 0.3 is 0 Å². The Morgan fingerprint density at radius 1 is 1.11 bits per heavy atom. The van der Waals surface area contributed by atoms with Crippen molar-refractivity contribution in [2.24, 2.45) is 0 Å². The Hall–Kier alpha value is -2.99. The van der Waals surface area contributed by atoms with E-state index in [1.54, 1.807) is 17.0 Å². The molecule has 1 aliphatic rings. The Kier molecular flexibility index (Phi) is 4.73. The highest BCUT2D eigenvalue weighted by atomic mass is 32.1. The fraction of sp³-hybridized carbons (Fsp3) is 0.143. The van der Waals surface area contributed by atoms with E-state index in [0.717, 1.165) is 10.4 Å². The van der Waals surface area contributed by atoms with Crippen molar-refractivity contribution in [3.8, 4) is 0 Å². The molecule has 1 atom stereocenters. The van der Waals surface area contributed by atoms with Gasteiger partial charge in [0.25, 0.3) is 5.91 Å². The maximum atomic E-state index is 13.8. The fourth-order valence-electron chi connectivity index (χ4n) is 3.31. The van der Waals surface area contributed by atoms with Gasteiger partial charge in [-0.2, -0.15) is 0 Å². The van der Waals surface area contributed by atoms with Gasteiger partial charge in [-0.1, -0.05) is 36.4 Å². The van der Waals surface area contributed by atoms with E-state index < -0.39 is 11.9 Å². The van der Waals surface area contributed by atoms with E-state index in [0.29, 0.717) is 12.1 Å². The molecule has 136 valence electrons. The number of nitrogens with zero attached hydrogens (tertiary/aromatic N) is 1. The first-order chi connectivity index (χ1) is 13.1. The summed E-state index contributed by atoms with van der Waals surface area (Å²) in [5.41, 5.74) is 1.77. The number of thiophene rings is 1. The summed E-state index contributed by atoms with van der Waals surface area (Å²) < 4.78 is 13.8. The molecule has 1 aromatic heterocycles. The number of fused-ring (bicyclic) bond motifs is 1. The van der Waals surface area contributed by atoms with Crippen LogP contribution in [-0.2, 0) is 11.3 Å². The third-order valence-electron chi connectivity index (χ3n) is 4.62. The molecule has 0 saturated heterocycles. The SMILES string of the molecule is O=C(CC(c1cccs1)N1Cc2ccccc2C1=O)Nc1ccccc1F. The third kappa shape index (κ3) is 3.48. The van der Waals surface area contributed by atoms with E-state index in [9.17, 15) is 14.0 Å². The van der Waals surface area contributed by atoms with Crippen LogP contribution in [0.2, 0.25) is 0 Å². The number of benzene rings is 2. The minimum absolute atomic E-state index is 0.0641. The molecule has 4 rings (SSSR count). The van der Waals surface area contributed by atoms with Crippen molar-refractivity contribution >= 4 is 28.8 Å². The largest absolute Gasteiger partial charge is 0.326 e. The number of rotatable bonds is 5. The van der Waals surface area contributed by atoms with Crippen LogP contribution in [0, 0.1) is 5.82 Å². The van der Waals surface area contributed by atoms with Gasteiger partial charge in [0, 0.05) is 17.0 Å². The van der Waals surface area contributed by atoms with Crippen LogP contribution in [0.25, 0.3) is 0 Å². The molecule has 0 fully saturated rings. The highest BCUT2D eigenvalue weighted by molar-refractivity contribution is 7.10. The Morgan fingerprint density at radius 2 is 1.89 bits per heavy atom. The van der Waals surface area contributed by atoms with E-state index in [4.69, 9.17) is 0 Å². The summed E-state index contributed by atoms with van der Waals surface area (Å²) in [6.07, 6.45) is 0.0641. The number of nitrogens with one attached hydrogen (secondary N) is 1. The van der Waals surface area contributed by atoms with Gasteiger partial charge in [-0.3, -0.25) is 9.59 Å². The number of para-hydroxylation sites is 1. The number of halogens is 1. The molecule has 0 spiro atoms. The van der Waals surface area contributed by atoms with Crippen molar-refractivity contribution in [2.45, 2.75) is 19.0 Å². The summed E-state index contributed by atoms with van der Waals surface area (Å²) in [7, 11) is 0. The molecule has 4 nitrogen and oxygen atoms in total. The van der Waals surface area contributed by atoms with Crippen molar-refractivity contribution in [3.05, 3.63) is 87.9 Å². The zero-order chi connectivity index (χ0) is 18.8. The molecule has 2 amide bonds. The first kappa shape index (κ1) is 17.4. The van der Waals surface area contributed by atoms with Crippen LogP contribution in [0.15, 0.2) is 66.0 Å². The molecule has 1 N–H and O–H groups in total. The molecule has 1 unspecified atom stereocenters. The van der Waals surface area contributed by atoms with Crippen molar-refractivity contribution in [2.75, 3.05) is 5.32 Å². The Bertz CT molecular complexity index is 987. The first-order valence-corrected chi connectivity index (χ1v) is 9.48. The maximum Gasteiger partial charge on any atom is 0.255 e. The van der Waals surface area contributed by atoms with Gasteiger partial charge in [0.1, 0.15) is 5.82 Å². The lowest BCUT2D eigenvalue weighted by atomic mass is 10.1. The molecule has 2 aromatic carbocycles. The van der Waals surface area contributed by atoms with E-state index in [-0.39, 0.29) is 23.9 Å². The molecule has 0 radical (unpaired) electrons. The second-order valence-electron chi connectivity index (χ2n) is 6.35. The van der Waals surface area contributed by atoms with Gasteiger partial charge in [-0.25, -0.2) is 4.39 Å². The predicted molar refractivity (Wildman–Crippen MR) is 103 cm³/mol. The van der Waals surface area contributed by atoms with Gasteiger partial charge in [-0.05, 0) is 35.2 Å². The van der Waals surface area contributed by atoms with Crippen LogP contribution in [0.3, 0.4) is 0 Å². The summed E-state index contributed by atoms with van der Waals surface area (Å²) >= 11 is 1.50. The average molecular weight is 380 g/mol. The predicted octanol–water partition coefficient (Wildman–Crippen LogP) is 4.61. The third-order valence-corrected chi connectivity index (χ3v) is 5.60. The van der Waals surface area contributed by atoms with Gasteiger partial charge in [0.05, 0.1) is 18.2 Å². The van der Waals surface area contributed by atoms with Crippen molar-refractivity contribution < 1.29 is 14.0 Å². The second-order valence-corrected chi connectivity index (χ2v) is 7.33. The smallest absolute Gasteiger partial charge is 0.255 e. The minimum atomic E-state index is -0.483. The minimum Gasteiger partial charge on any atom is -0.326 e. The first-order valence-electron chi connectivity index (χ1n) is 8.60. The van der Waals surface area contributed by atoms with Crippen LogP contribution in [0.5, 0.6) is 0 Å². The molecule has 0 aliphatic carbocycles. The van der Waals surface area contributed by atoms with E-state index in [1.807, 2.05) is 41.8 Å². The number of carbonyl (C=O) groups is 2. The van der Waals surface area contributed by atoms with Crippen molar-refractivity contribution in [1.29, 1.82) is 0 Å². The Balaban J connectivity index is 1.57. The van der Waals surface area contributed by atoms with E-state index >= 15 is 0 Å². The van der Waals surface area contributed by atoms with Crippen LogP contribution in [-0.4, -0.2) is 16.7 Å². The average Bonchev–Trinajstić information content (AvgIpc) is 3.31. The zero-order valence-electron chi connectivity index (χ0n) is 14.4. The van der Waals surface area contributed by atoms with Crippen molar-refractivity contribution in [3.63, 3.8) is 0 Å². The van der Waals surface area contributed by atoms with Gasteiger partial charge in [-0.15, -0.1) is 11.3 Å². The molecule has 2 heterocycles. The lowest BCUT2D eigenvalue weighted by Gasteiger charge is -2.26. The number of carbonyl (C=O) groups excluding carboxylic acids is 2. The molecule has 27 heavy (non-hydrogen) atoms. The quantitative estimate of drug-likeness (QED) is 0.703. The summed E-state index contributed by atoms with van der Waals surface area (Å²) in [5.74, 6) is -0.895. The summed E-state index contributed by atoms with van der Waals surface area (Å²) in [5, 5.41) is 4.54. The maximum absolute atomic E-state index is 13.8. The molecular weight excluding hydrogens is 363 g/mol. The molecule has 0 saturated carbocycles. The number of amides is 2. The van der Waals surface area contributed by atoms with Crippen LogP contribution in [0.1, 0.15) is 33.3 Å². The summed E-state index contributed by atoms with van der Waals surface area (Å²) in [6, 6.07) is 17.0. The van der Waals surface area contributed by atoms with Crippen LogP contribution < -0.4 is 5.32 Å². The number of hydrogen-bond donors (Lipinski definition) is 1. The topological polar surface area (TPSA) is 49.4 Å². The van der Waals surface area contributed by atoms with Crippen molar-refractivity contribution in [1.82, 2.24) is 4.90 Å². The van der Waals surface area contributed by atoms with Crippen LogP contribution in [0.4, 0.5) is 10.1 Å². The summed E-state index contributed by atoms with van der Waals surface area (Å²) in [4.78, 5) is 28.1. The molecule has 6 heteroatoms. The monoisotopic (exact) mass is 380 g/mol. The Labute approximate surface area is 160 Å². The van der Waals surface area contributed by atoms with E-state index in [1.165, 1.54) is 23.5 Å². The van der Waals surface area contributed by atoms with E-state index in [2.05, 4.69) is 5.32 Å².